The number of aromatic nitrogens is 2. The fourth-order valence-corrected chi connectivity index (χ4v) is 3.21. The molecule has 1 aromatic heterocycles. The summed E-state index contributed by atoms with van der Waals surface area (Å²) in [5, 5.41) is 16.9. The van der Waals surface area contributed by atoms with Gasteiger partial charge in [0.25, 0.3) is 5.56 Å². The number of nitrogens with one attached hydrogen (secondary N) is 1. The number of nitrogens with zero attached hydrogens (tertiary/aromatic N) is 1. The molecule has 1 unspecified atom stereocenters. The van der Waals surface area contributed by atoms with Crippen molar-refractivity contribution in [3.05, 3.63) is 32.6 Å². The third-order valence-electron chi connectivity index (χ3n) is 2.89. The van der Waals surface area contributed by atoms with E-state index in [4.69, 9.17) is 5.11 Å². The lowest BCUT2D eigenvalue weighted by molar-refractivity contribution is 0.0631. The highest BCUT2D eigenvalue weighted by Crippen LogP contribution is 2.42. The van der Waals surface area contributed by atoms with E-state index in [-0.39, 0.29) is 12.2 Å². The van der Waals surface area contributed by atoms with Crippen molar-refractivity contribution in [3.63, 3.8) is 0 Å². The Bertz CT molecular complexity index is 558. The molecule has 1 saturated heterocycles. The molecular formula is C10H13FN2O4S. The van der Waals surface area contributed by atoms with Gasteiger partial charge in [-0.05, 0) is 6.92 Å². The first-order valence-electron chi connectivity index (χ1n) is 5.36. The Hall–Kier alpha value is -1.12. The van der Waals surface area contributed by atoms with E-state index in [9.17, 15) is 19.1 Å². The summed E-state index contributed by atoms with van der Waals surface area (Å²) in [6.07, 6.45) is -1.74. The predicted molar refractivity (Wildman–Crippen MR) is 64.5 cm³/mol. The molecule has 0 aliphatic carbocycles. The third kappa shape index (κ3) is 2.11. The molecular weight excluding hydrogens is 263 g/mol. The molecule has 1 aliphatic heterocycles. The standard InChI is InChI=1S/C10H13FN2O4S/c1-4-2-13(10(17)12-8(4)16)9-6(11)7(15)5(3-14)18-9/h2,5-7,9,14-15H,3H2,1H3,(H,12,16,17)/t5-,6-,7?,9+/m1/s1. The first-order valence-corrected chi connectivity index (χ1v) is 6.30. The van der Waals surface area contributed by atoms with Crippen molar-refractivity contribution in [1.82, 2.24) is 9.55 Å². The Morgan fingerprint density at radius 3 is 2.78 bits per heavy atom. The SMILES string of the molecule is Cc1cn([C@H]2S[C@H](CO)C(O)[C@H]2F)c(=O)[nH]c1=O. The van der Waals surface area contributed by atoms with Crippen molar-refractivity contribution in [2.24, 2.45) is 0 Å². The van der Waals surface area contributed by atoms with Crippen LogP contribution in [0.2, 0.25) is 0 Å². The van der Waals surface area contributed by atoms with Crippen LogP contribution in [0, 0.1) is 6.92 Å². The number of rotatable bonds is 2. The van der Waals surface area contributed by atoms with Crippen LogP contribution in [0.3, 0.4) is 0 Å². The Morgan fingerprint density at radius 2 is 2.22 bits per heavy atom. The van der Waals surface area contributed by atoms with Gasteiger partial charge >= 0.3 is 5.69 Å². The highest BCUT2D eigenvalue weighted by atomic mass is 32.2. The minimum atomic E-state index is -1.67. The van der Waals surface area contributed by atoms with Crippen molar-refractivity contribution < 1.29 is 14.6 Å². The molecule has 0 bridgehead atoms. The van der Waals surface area contributed by atoms with Crippen LogP contribution in [0.25, 0.3) is 0 Å². The van der Waals surface area contributed by atoms with Gasteiger partial charge in [-0.25, -0.2) is 9.18 Å². The van der Waals surface area contributed by atoms with Crippen LogP contribution in [0.5, 0.6) is 0 Å². The average Bonchev–Trinajstić information content (AvgIpc) is 2.61. The van der Waals surface area contributed by atoms with Gasteiger partial charge in [-0.1, -0.05) is 0 Å². The number of hydrogen-bond acceptors (Lipinski definition) is 5. The molecule has 100 valence electrons. The van der Waals surface area contributed by atoms with Crippen LogP contribution in [-0.4, -0.2) is 43.9 Å². The Morgan fingerprint density at radius 1 is 1.56 bits per heavy atom. The molecule has 0 aromatic carbocycles. The van der Waals surface area contributed by atoms with Crippen molar-refractivity contribution in [3.8, 4) is 0 Å². The molecule has 8 heteroatoms. The molecule has 1 fully saturated rings. The topological polar surface area (TPSA) is 95.3 Å². The average molecular weight is 276 g/mol. The summed E-state index contributed by atoms with van der Waals surface area (Å²) >= 11 is 0.975. The largest absolute Gasteiger partial charge is 0.395 e. The van der Waals surface area contributed by atoms with Crippen LogP contribution < -0.4 is 11.2 Å². The number of aliphatic hydroxyl groups excluding tert-OH is 2. The van der Waals surface area contributed by atoms with E-state index in [1.807, 2.05) is 0 Å². The maximum absolute atomic E-state index is 13.9. The molecule has 4 atom stereocenters. The number of aliphatic hydroxyl groups is 2. The van der Waals surface area contributed by atoms with Gasteiger partial charge in [-0.3, -0.25) is 14.3 Å². The molecule has 6 nitrogen and oxygen atoms in total. The summed E-state index contributed by atoms with van der Waals surface area (Å²) < 4.78 is 14.9. The Labute approximate surface area is 105 Å². The maximum atomic E-state index is 13.9. The maximum Gasteiger partial charge on any atom is 0.329 e. The lowest BCUT2D eigenvalue weighted by Crippen LogP contribution is -2.36. The van der Waals surface area contributed by atoms with Gasteiger partial charge in [-0.2, -0.15) is 0 Å². The number of H-pyrrole nitrogens is 1. The van der Waals surface area contributed by atoms with Gasteiger partial charge in [0, 0.05) is 11.8 Å². The van der Waals surface area contributed by atoms with Crippen LogP contribution in [0.4, 0.5) is 4.39 Å². The molecule has 0 saturated carbocycles. The number of hydrogen-bond donors (Lipinski definition) is 3. The highest BCUT2D eigenvalue weighted by molar-refractivity contribution is 8.00. The van der Waals surface area contributed by atoms with E-state index in [0.717, 1.165) is 16.3 Å². The number of halogens is 1. The van der Waals surface area contributed by atoms with Crippen molar-refractivity contribution in [1.29, 1.82) is 0 Å². The van der Waals surface area contributed by atoms with E-state index in [0.29, 0.717) is 0 Å². The van der Waals surface area contributed by atoms with E-state index < -0.39 is 34.1 Å². The van der Waals surface area contributed by atoms with Crippen LogP contribution in [0.1, 0.15) is 10.9 Å². The van der Waals surface area contributed by atoms with E-state index >= 15 is 0 Å². The van der Waals surface area contributed by atoms with Crippen LogP contribution >= 0.6 is 11.8 Å². The molecule has 1 aromatic rings. The smallest absolute Gasteiger partial charge is 0.329 e. The summed E-state index contributed by atoms with van der Waals surface area (Å²) in [7, 11) is 0. The Kier molecular flexibility index (Phi) is 3.60. The summed E-state index contributed by atoms with van der Waals surface area (Å²) in [5.41, 5.74) is -0.963. The normalized spacial score (nSPS) is 31.8. The Balaban J connectivity index is 2.42. The van der Waals surface area contributed by atoms with Crippen molar-refractivity contribution in [2.75, 3.05) is 6.61 Å². The molecule has 1 aliphatic rings. The number of thioether (sulfide) groups is 1. The van der Waals surface area contributed by atoms with Gasteiger partial charge in [0.2, 0.25) is 0 Å². The lowest BCUT2D eigenvalue weighted by Gasteiger charge is -2.16. The molecule has 2 heterocycles. The second-order valence-electron chi connectivity index (χ2n) is 4.16. The molecule has 3 N–H and O–H groups in total. The quantitative estimate of drug-likeness (QED) is 0.654. The van der Waals surface area contributed by atoms with Crippen molar-refractivity contribution in [2.45, 2.75) is 29.8 Å². The number of alkyl halides is 1. The molecule has 18 heavy (non-hydrogen) atoms. The van der Waals surface area contributed by atoms with E-state index in [1.165, 1.54) is 13.1 Å². The van der Waals surface area contributed by atoms with E-state index in [2.05, 4.69) is 4.98 Å². The summed E-state index contributed by atoms with van der Waals surface area (Å²) in [5.74, 6) is 0. The molecule has 0 amide bonds. The minimum absolute atomic E-state index is 0.282. The van der Waals surface area contributed by atoms with Gasteiger partial charge in [0.05, 0.1) is 11.9 Å². The highest BCUT2D eigenvalue weighted by Gasteiger charge is 2.44. The zero-order valence-electron chi connectivity index (χ0n) is 9.54. The first kappa shape index (κ1) is 13.3. The van der Waals surface area contributed by atoms with Crippen LogP contribution in [-0.2, 0) is 0 Å². The summed E-state index contributed by atoms with van der Waals surface area (Å²) in [6.45, 7) is 1.13. The first-order chi connectivity index (χ1) is 8.45. The van der Waals surface area contributed by atoms with Crippen molar-refractivity contribution >= 4 is 11.8 Å². The second kappa shape index (κ2) is 4.87. The third-order valence-corrected chi connectivity index (χ3v) is 4.44. The second-order valence-corrected chi connectivity index (χ2v) is 5.52. The van der Waals surface area contributed by atoms with Gasteiger partial charge in [0.1, 0.15) is 11.5 Å². The van der Waals surface area contributed by atoms with Crippen LogP contribution in [0.15, 0.2) is 15.8 Å². The van der Waals surface area contributed by atoms with Gasteiger partial charge < -0.3 is 10.2 Å². The lowest BCUT2D eigenvalue weighted by atomic mass is 10.1. The number of aromatic amines is 1. The predicted octanol–water partition coefficient (Wildman–Crippen LogP) is -0.850. The van der Waals surface area contributed by atoms with E-state index in [1.54, 1.807) is 0 Å². The molecule has 0 radical (unpaired) electrons. The minimum Gasteiger partial charge on any atom is -0.395 e. The molecule has 0 spiro atoms. The number of aryl methyl sites for hydroxylation is 1. The summed E-state index contributed by atoms with van der Waals surface area (Å²) in [6, 6.07) is 0. The fraction of sp³-hybridized carbons (Fsp3) is 0.600. The zero-order valence-corrected chi connectivity index (χ0v) is 10.4. The zero-order chi connectivity index (χ0) is 13.4. The van der Waals surface area contributed by atoms with Gasteiger partial charge in [-0.15, -0.1) is 11.8 Å². The summed E-state index contributed by atoms with van der Waals surface area (Å²) in [4.78, 5) is 24.9. The molecule has 2 rings (SSSR count). The fourth-order valence-electron chi connectivity index (χ4n) is 1.85. The van der Waals surface area contributed by atoms with Gasteiger partial charge in [0.15, 0.2) is 6.17 Å². The monoisotopic (exact) mass is 276 g/mol.